The lowest BCUT2D eigenvalue weighted by Crippen LogP contribution is -2.47. The van der Waals surface area contributed by atoms with E-state index in [9.17, 15) is 9.90 Å². The lowest BCUT2D eigenvalue weighted by molar-refractivity contribution is -0.140. The average Bonchev–Trinajstić information content (AvgIpc) is 2.99. The molecule has 0 spiro atoms. The Morgan fingerprint density at radius 1 is 1.40 bits per heavy atom. The van der Waals surface area contributed by atoms with Crippen molar-refractivity contribution >= 4 is 22.6 Å². The van der Waals surface area contributed by atoms with Crippen molar-refractivity contribution in [1.29, 1.82) is 0 Å². The Hall–Kier alpha value is -1.25. The summed E-state index contributed by atoms with van der Waals surface area (Å²) in [5.41, 5.74) is 0. The second kappa shape index (κ2) is 5.89. The number of aromatic nitrogens is 2. The van der Waals surface area contributed by atoms with Crippen LogP contribution in [0.15, 0.2) is 0 Å². The molecule has 3 saturated heterocycles. The first-order valence-corrected chi connectivity index (χ1v) is 10.0. The third kappa shape index (κ3) is 2.74. The number of carbonyl (C=O) groups excluding carboxylic acids is 1. The molecule has 8 heteroatoms. The quantitative estimate of drug-likeness (QED) is 0.812. The molecular weight excluding hydrogens is 340 g/mol. The van der Waals surface area contributed by atoms with Crippen molar-refractivity contribution in [2.45, 2.75) is 44.5 Å². The van der Waals surface area contributed by atoms with E-state index in [2.05, 4.69) is 19.6 Å². The first-order valence-electron chi connectivity index (χ1n) is 9.26. The number of nitrogens with one attached hydrogen (secondary N) is 1. The SMILES string of the molecule is Cc1nsc(N2C[C@H]3[C@H](O)[C@@H]4CC(C(=O)NCC5CC5)[C@@H](O4)[C@H]3C2)n1. The minimum Gasteiger partial charge on any atom is -0.390 e. The summed E-state index contributed by atoms with van der Waals surface area (Å²) in [6, 6.07) is 0. The maximum absolute atomic E-state index is 12.7. The van der Waals surface area contributed by atoms with E-state index in [1.807, 2.05) is 6.92 Å². The van der Waals surface area contributed by atoms with E-state index < -0.39 is 6.10 Å². The van der Waals surface area contributed by atoms with Gasteiger partial charge in [0.15, 0.2) is 0 Å². The molecular formula is C17H24N4O3S. The first-order chi connectivity index (χ1) is 12.1. The monoisotopic (exact) mass is 364 g/mol. The van der Waals surface area contributed by atoms with Crippen LogP contribution in [0.25, 0.3) is 0 Å². The van der Waals surface area contributed by atoms with Crippen LogP contribution < -0.4 is 10.2 Å². The fourth-order valence-corrected chi connectivity index (χ4v) is 5.41. The van der Waals surface area contributed by atoms with Crippen LogP contribution in [0.3, 0.4) is 0 Å². The number of hydrogen-bond donors (Lipinski definition) is 2. The van der Waals surface area contributed by atoms with E-state index in [0.29, 0.717) is 12.3 Å². The summed E-state index contributed by atoms with van der Waals surface area (Å²) >= 11 is 1.40. The number of hydrogen-bond acceptors (Lipinski definition) is 7. The topological polar surface area (TPSA) is 87.6 Å². The van der Waals surface area contributed by atoms with Gasteiger partial charge >= 0.3 is 0 Å². The molecule has 4 fully saturated rings. The van der Waals surface area contributed by atoms with Crippen LogP contribution in [0.1, 0.15) is 25.1 Å². The summed E-state index contributed by atoms with van der Waals surface area (Å²) in [6.07, 6.45) is 2.31. The molecule has 1 amide bonds. The highest BCUT2D eigenvalue weighted by molar-refractivity contribution is 7.09. The number of rotatable bonds is 4. The van der Waals surface area contributed by atoms with Gasteiger partial charge in [-0.3, -0.25) is 4.79 Å². The number of anilines is 1. The minimum absolute atomic E-state index is 0.0865. The lowest BCUT2D eigenvalue weighted by Gasteiger charge is -2.36. The van der Waals surface area contributed by atoms with E-state index in [4.69, 9.17) is 4.74 Å². The molecule has 2 N–H and O–H groups in total. The average molecular weight is 364 g/mol. The van der Waals surface area contributed by atoms with Gasteiger partial charge in [0.1, 0.15) is 5.82 Å². The molecule has 4 heterocycles. The van der Waals surface area contributed by atoms with Crippen LogP contribution in [0.2, 0.25) is 0 Å². The van der Waals surface area contributed by atoms with Gasteiger partial charge in [-0.2, -0.15) is 4.37 Å². The minimum atomic E-state index is -0.499. The predicted molar refractivity (Wildman–Crippen MR) is 92.3 cm³/mol. The first kappa shape index (κ1) is 16.0. The highest BCUT2D eigenvalue weighted by Gasteiger charge is 2.58. The smallest absolute Gasteiger partial charge is 0.225 e. The van der Waals surface area contributed by atoms with Gasteiger partial charge < -0.3 is 20.1 Å². The normalized spacial score (nSPS) is 39.5. The highest BCUT2D eigenvalue weighted by atomic mass is 32.1. The Kier molecular flexibility index (Phi) is 3.76. The molecule has 2 bridgehead atoms. The van der Waals surface area contributed by atoms with Gasteiger partial charge in [0.25, 0.3) is 0 Å². The van der Waals surface area contributed by atoms with E-state index in [0.717, 1.165) is 30.6 Å². The summed E-state index contributed by atoms with van der Waals surface area (Å²) in [5, 5.41) is 14.8. The Morgan fingerprint density at radius 2 is 2.20 bits per heavy atom. The van der Waals surface area contributed by atoms with Gasteiger partial charge in [-0.15, -0.1) is 0 Å². The molecule has 7 nitrogen and oxygen atoms in total. The van der Waals surface area contributed by atoms with Crippen molar-refractivity contribution in [1.82, 2.24) is 14.7 Å². The van der Waals surface area contributed by atoms with E-state index >= 15 is 0 Å². The Balaban J connectivity index is 1.32. The summed E-state index contributed by atoms with van der Waals surface area (Å²) < 4.78 is 10.4. The Labute approximate surface area is 150 Å². The molecule has 1 aromatic rings. The van der Waals surface area contributed by atoms with Crippen molar-refractivity contribution in [2.24, 2.45) is 23.7 Å². The van der Waals surface area contributed by atoms with Gasteiger partial charge in [-0.05, 0) is 32.1 Å². The largest absolute Gasteiger partial charge is 0.390 e. The zero-order valence-electron chi connectivity index (χ0n) is 14.3. The molecule has 5 rings (SSSR count). The van der Waals surface area contributed by atoms with E-state index in [1.54, 1.807) is 0 Å². The van der Waals surface area contributed by atoms with Gasteiger partial charge in [-0.25, -0.2) is 4.98 Å². The van der Waals surface area contributed by atoms with E-state index in [1.165, 1.54) is 24.4 Å². The number of aliphatic hydroxyl groups excluding tert-OH is 1. The van der Waals surface area contributed by atoms with Crippen molar-refractivity contribution in [2.75, 3.05) is 24.5 Å². The molecule has 4 aliphatic rings. The third-order valence-electron chi connectivity index (χ3n) is 6.25. The molecule has 0 radical (unpaired) electrons. The van der Waals surface area contributed by atoms with Crippen LogP contribution in [-0.4, -0.2) is 58.3 Å². The van der Waals surface area contributed by atoms with Gasteiger partial charge in [0.05, 0.1) is 24.2 Å². The number of ether oxygens (including phenoxy) is 1. The molecule has 1 aromatic heterocycles. The summed E-state index contributed by atoms with van der Waals surface area (Å²) in [7, 11) is 0. The van der Waals surface area contributed by atoms with E-state index in [-0.39, 0.29) is 35.9 Å². The zero-order chi connectivity index (χ0) is 17.1. The number of nitrogens with zero attached hydrogens (tertiary/aromatic N) is 3. The molecule has 136 valence electrons. The van der Waals surface area contributed by atoms with Gasteiger partial charge in [0, 0.05) is 43.0 Å². The number of amides is 1. The number of aryl methyl sites for hydroxylation is 1. The van der Waals surface area contributed by atoms with Crippen molar-refractivity contribution < 1.29 is 14.6 Å². The Morgan fingerprint density at radius 3 is 2.92 bits per heavy atom. The van der Waals surface area contributed by atoms with Crippen LogP contribution >= 0.6 is 11.5 Å². The fraction of sp³-hybridized carbons (Fsp3) is 0.824. The number of carbonyl (C=O) groups is 1. The van der Waals surface area contributed by atoms with Crippen LogP contribution in [0.4, 0.5) is 5.13 Å². The summed E-state index contributed by atoms with van der Waals surface area (Å²) in [4.78, 5) is 19.3. The molecule has 1 unspecified atom stereocenters. The number of aliphatic hydroxyl groups is 1. The maximum Gasteiger partial charge on any atom is 0.225 e. The predicted octanol–water partition coefficient (Wildman–Crippen LogP) is 0.573. The number of fused-ring (bicyclic) bond motifs is 4. The van der Waals surface area contributed by atoms with Crippen molar-refractivity contribution in [3.8, 4) is 0 Å². The summed E-state index contributed by atoms with van der Waals surface area (Å²) in [5.74, 6) is 1.75. The van der Waals surface area contributed by atoms with Crippen molar-refractivity contribution in [3.63, 3.8) is 0 Å². The standard InChI is InChI=1S/C17H24N4O3S/c1-8-19-17(25-20-8)21-6-11-12(7-21)15-10(4-13(24-15)14(11)22)16(23)18-5-9-2-3-9/h9-15,22H,2-7H2,1H3,(H,18,23)/t10?,11-,12+,13+,14+,15-/m1/s1. The van der Waals surface area contributed by atoms with Crippen molar-refractivity contribution in [3.05, 3.63) is 5.82 Å². The van der Waals surface area contributed by atoms with Gasteiger partial charge in [0.2, 0.25) is 11.0 Å². The summed E-state index contributed by atoms with van der Waals surface area (Å²) in [6.45, 7) is 4.23. The third-order valence-corrected chi connectivity index (χ3v) is 7.12. The second-order valence-electron chi connectivity index (χ2n) is 8.02. The van der Waals surface area contributed by atoms with Gasteiger partial charge in [-0.1, -0.05) is 0 Å². The van der Waals surface area contributed by atoms with Crippen LogP contribution in [0, 0.1) is 30.6 Å². The van der Waals surface area contributed by atoms with Crippen LogP contribution in [-0.2, 0) is 9.53 Å². The molecule has 1 saturated carbocycles. The Bertz CT molecular complexity index is 679. The lowest BCUT2D eigenvalue weighted by atomic mass is 9.83. The second-order valence-corrected chi connectivity index (χ2v) is 8.75. The fourth-order valence-electron chi connectivity index (χ4n) is 4.72. The molecule has 25 heavy (non-hydrogen) atoms. The highest BCUT2D eigenvalue weighted by Crippen LogP contribution is 2.47. The molecule has 3 aliphatic heterocycles. The molecule has 6 atom stereocenters. The van der Waals surface area contributed by atoms with Crippen LogP contribution in [0.5, 0.6) is 0 Å². The maximum atomic E-state index is 12.7. The molecule has 1 aliphatic carbocycles. The molecule has 0 aromatic carbocycles. The zero-order valence-corrected chi connectivity index (χ0v) is 15.1.